The van der Waals surface area contributed by atoms with Gasteiger partial charge in [0.25, 0.3) is 0 Å². The molecule has 3 saturated carbocycles. The van der Waals surface area contributed by atoms with Crippen LogP contribution >= 0.6 is 0 Å². The zero-order chi connectivity index (χ0) is 24.5. The Bertz CT molecular complexity index is 986. The van der Waals surface area contributed by atoms with Crippen molar-refractivity contribution in [2.75, 3.05) is 6.61 Å². The summed E-state index contributed by atoms with van der Waals surface area (Å²) in [4.78, 5) is 43.4. The number of hydrogen-bond acceptors (Lipinski definition) is 7. The van der Waals surface area contributed by atoms with Crippen LogP contribution in [0, 0.1) is 34.5 Å². The van der Waals surface area contributed by atoms with Crippen molar-refractivity contribution >= 4 is 23.4 Å². The number of ether oxygens (including phenoxy) is 2. The van der Waals surface area contributed by atoms with Gasteiger partial charge in [0.2, 0.25) is 5.60 Å². The Morgan fingerprint density at radius 3 is 2.59 bits per heavy atom. The van der Waals surface area contributed by atoms with Crippen LogP contribution in [0.3, 0.4) is 0 Å². The minimum Gasteiger partial charge on any atom is -0.462 e. The summed E-state index contributed by atoms with van der Waals surface area (Å²) in [6.45, 7) is 9.70. The number of Topliss-reactive ketones (excluding diaryl/α,β-unsaturated/α-hetero) is 1. The lowest BCUT2D eigenvalue weighted by Crippen LogP contribution is -2.59. The van der Waals surface area contributed by atoms with Gasteiger partial charge in [-0.2, -0.15) is 0 Å². The quantitative estimate of drug-likeness (QED) is 0.446. The number of rotatable bonds is 4. The van der Waals surface area contributed by atoms with Crippen LogP contribution < -0.4 is 0 Å². The molecule has 1 heterocycles. The third-order valence-corrected chi connectivity index (χ3v) is 10.2. The van der Waals surface area contributed by atoms with E-state index in [1.54, 1.807) is 13.8 Å². The molecular weight excluding hydrogens is 434 g/mol. The van der Waals surface area contributed by atoms with Gasteiger partial charge in [0, 0.05) is 18.8 Å². The Morgan fingerprint density at radius 1 is 1.15 bits per heavy atom. The Labute approximate surface area is 201 Å². The summed E-state index contributed by atoms with van der Waals surface area (Å²) in [5.41, 5.74) is 0.339. The van der Waals surface area contributed by atoms with Crippen molar-refractivity contribution in [1.29, 1.82) is 0 Å². The van der Waals surface area contributed by atoms with Crippen LogP contribution in [-0.2, 0) is 28.7 Å². The van der Waals surface area contributed by atoms with Gasteiger partial charge in [-0.1, -0.05) is 30.7 Å². The second-order valence-electron chi connectivity index (χ2n) is 11.6. The minimum absolute atomic E-state index is 0.0224. The number of allylic oxidation sites excluding steroid dienone is 1. The van der Waals surface area contributed by atoms with Gasteiger partial charge in [-0.25, -0.2) is 4.79 Å². The average molecular weight is 472 g/mol. The Hall–Kier alpha value is -2.18. The maximum Gasteiger partial charge on any atom is 0.356 e. The van der Waals surface area contributed by atoms with Crippen LogP contribution in [0.4, 0.5) is 0 Å². The van der Waals surface area contributed by atoms with Crippen molar-refractivity contribution in [1.82, 2.24) is 0 Å². The van der Waals surface area contributed by atoms with Crippen LogP contribution in [0.1, 0.15) is 79.6 Å². The highest BCUT2D eigenvalue weighted by molar-refractivity contribution is 6.38. The second-order valence-corrected chi connectivity index (χ2v) is 11.6. The fourth-order valence-electron chi connectivity index (χ4n) is 8.75. The number of fused-ring (bicyclic) bond motifs is 7. The molecule has 34 heavy (non-hydrogen) atoms. The number of nitrogens with zero attached hydrogens (tertiary/aromatic N) is 1. The highest BCUT2D eigenvalue weighted by Gasteiger charge is 2.75. The lowest BCUT2D eigenvalue weighted by Gasteiger charge is -2.58. The van der Waals surface area contributed by atoms with E-state index >= 15 is 0 Å². The molecule has 5 aliphatic rings. The minimum atomic E-state index is -1.08. The maximum atomic E-state index is 13.2. The molecule has 0 radical (unpaired) electrons. The van der Waals surface area contributed by atoms with Crippen molar-refractivity contribution < 1.29 is 28.7 Å². The summed E-state index contributed by atoms with van der Waals surface area (Å²) < 4.78 is 10.8. The van der Waals surface area contributed by atoms with Gasteiger partial charge >= 0.3 is 11.9 Å². The van der Waals surface area contributed by atoms with Crippen molar-refractivity contribution in [3.8, 4) is 0 Å². The summed E-state index contributed by atoms with van der Waals surface area (Å²) in [6.07, 6.45) is 8.66. The van der Waals surface area contributed by atoms with Crippen molar-refractivity contribution in [3.63, 3.8) is 0 Å². The normalized spacial score (nSPS) is 44.3. The molecular formula is C27H37NO6. The highest BCUT2D eigenvalue weighted by atomic mass is 16.7. The number of ketones is 1. The molecule has 8 atom stereocenters. The SMILES string of the molecule is CCOC(=O)C1=NOC2(C(C)=O)C1CC1C3CC=C4CC(OC(C)=O)CCC4(C)C3CCC12C. The summed E-state index contributed by atoms with van der Waals surface area (Å²) in [5, 5.41) is 4.15. The number of esters is 2. The van der Waals surface area contributed by atoms with Crippen LogP contribution in [0.2, 0.25) is 0 Å². The first-order valence-corrected chi connectivity index (χ1v) is 12.9. The first-order chi connectivity index (χ1) is 16.1. The molecule has 0 aromatic carbocycles. The molecule has 1 aliphatic heterocycles. The van der Waals surface area contributed by atoms with E-state index in [9.17, 15) is 14.4 Å². The van der Waals surface area contributed by atoms with Crippen molar-refractivity contribution in [2.45, 2.75) is 91.3 Å². The molecule has 0 bridgehead atoms. The molecule has 0 aromatic rings. The zero-order valence-corrected chi connectivity index (χ0v) is 21.0. The van der Waals surface area contributed by atoms with E-state index in [0.717, 1.165) is 44.9 Å². The molecule has 7 nitrogen and oxygen atoms in total. The molecule has 0 amide bonds. The van der Waals surface area contributed by atoms with E-state index in [4.69, 9.17) is 14.3 Å². The fourth-order valence-corrected chi connectivity index (χ4v) is 8.75. The molecule has 0 aromatic heterocycles. The predicted molar refractivity (Wildman–Crippen MR) is 125 cm³/mol. The van der Waals surface area contributed by atoms with Gasteiger partial charge in [-0.05, 0) is 75.5 Å². The number of carbonyl (C=O) groups is 3. The lowest BCUT2D eigenvalue weighted by atomic mass is 9.46. The molecule has 186 valence electrons. The van der Waals surface area contributed by atoms with Gasteiger partial charge in [-0.3, -0.25) is 9.59 Å². The van der Waals surface area contributed by atoms with E-state index < -0.39 is 11.6 Å². The van der Waals surface area contributed by atoms with E-state index in [1.807, 2.05) is 0 Å². The largest absolute Gasteiger partial charge is 0.462 e. The second kappa shape index (κ2) is 7.92. The summed E-state index contributed by atoms with van der Waals surface area (Å²) in [6, 6.07) is 0. The smallest absolute Gasteiger partial charge is 0.356 e. The maximum absolute atomic E-state index is 13.2. The number of hydrogen-bond donors (Lipinski definition) is 0. The summed E-state index contributed by atoms with van der Waals surface area (Å²) in [7, 11) is 0. The van der Waals surface area contributed by atoms with Gasteiger partial charge in [0.05, 0.1) is 12.5 Å². The van der Waals surface area contributed by atoms with Crippen LogP contribution in [0.25, 0.3) is 0 Å². The van der Waals surface area contributed by atoms with Crippen LogP contribution in [0.5, 0.6) is 0 Å². The van der Waals surface area contributed by atoms with E-state index in [2.05, 4.69) is 25.1 Å². The van der Waals surface area contributed by atoms with Crippen LogP contribution in [0.15, 0.2) is 16.8 Å². The number of carbonyl (C=O) groups excluding carboxylic acids is 3. The van der Waals surface area contributed by atoms with Gasteiger partial charge < -0.3 is 14.3 Å². The molecule has 3 fully saturated rings. The summed E-state index contributed by atoms with van der Waals surface area (Å²) >= 11 is 0. The monoisotopic (exact) mass is 471 g/mol. The summed E-state index contributed by atoms with van der Waals surface area (Å²) in [5.74, 6) is 0.139. The molecule has 4 aliphatic carbocycles. The van der Waals surface area contributed by atoms with Crippen molar-refractivity contribution in [3.05, 3.63) is 11.6 Å². The lowest BCUT2D eigenvalue weighted by molar-refractivity contribution is -0.174. The Kier molecular flexibility index (Phi) is 5.49. The predicted octanol–water partition coefficient (Wildman–Crippen LogP) is 4.38. The third kappa shape index (κ3) is 3.00. The molecule has 8 unspecified atom stereocenters. The van der Waals surface area contributed by atoms with Gasteiger partial charge in [0.1, 0.15) is 6.10 Å². The van der Waals surface area contributed by atoms with Crippen LogP contribution in [-0.4, -0.2) is 41.7 Å². The van der Waals surface area contributed by atoms with Gasteiger partial charge in [0.15, 0.2) is 11.5 Å². The molecule has 0 N–H and O–H groups in total. The van der Waals surface area contributed by atoms with Crippen molar-refractivity contribution in [2.24, 2.45) is 39.7 Å². The average Bonchev–Trinajstić information content (AvgIpc) is 3.28. The number of oxime groups is 1. The molecule has 0 spiro atoms. The molecule has 5 rings (SSSR count). The van der Waals surface area contributed by atoms with Gasteiger partial charge in [-0.15, -0.1) is 0 Å². The zero-order valence-electron chi connectivity index (χ0n) is 21.0. The topological polar surface area (TPSA) is 91.3 Å². The third-order valence-electron chi connectivity index (χ3n) is 10.2. The van der Waals surface area contributed by atoms with E-state index in [1.165, 1.54) is 12.5 Å². The first-order valence-electron chi connectivity index (χ1n) is 12.9. The van der Waals surface area contributed by atoms with E-state index in [0.29, 0.717) is 11.8 Å². The fraction of sp³-hybridized carbons (Fsp3) is 0.778. The Morgan fingerprint density at radius 2 is 1.91 bits per heavy atom. The first kappa shape index (κ1) is 23.6. The standard InChI is InChI=1S/C27H37NO6/c1-6-32-24(31)23-22-14-21-19-8-7-17-13-18(33-16(3)30)9-11-25(17,4)20(19)10-12-26(21,5)27(22,15(2)29)34-28-23/h7,18-22H,6,8-14H2,1-5H3. The molecule has 0 saturated heterocycles. The Balaban J connectivity index is 1.47. The highest BCUT2D eigenvalue weighted by Crippen LogP contribution is 2.70. The van der Waals surface area contributed by atoms with E-state index in [-0.39, 0.29) is 52.8 Å². The molecule has 7 heteroatoms.